The summed E-state index contributed by atoms with van der Waals surface area (Å²) in [4.78, 5) is 28.0. The Morgan fingerprint density at radius 1 is 1.11 bits per heavy atom. The van der Waals surface area contributed by atoms with Gasteiger partial charge < -0.3 is 9.57 Å². The maximum atomic E-state index is 11.8. The van der Waals surface area contributed by atoms with Gasteiger partial charge in [0.15, 0.2) is 5.78 Å². The zero-order chi connectivity index (χ0) is 13.7. The molecular weight excluding hydrogens is 234 g/mol. The van der Waals surface area contributed by atoms with Crippen molar-refractivity contribution in [2.45, 2.75) is 13.8 Å². The Kier molecular flexibility index (Phi) is 4.59. The Balaban J connectivity index is 3.52. The Hall–Kier alpha value is -2.17. The molecule has 0 unspecified atom stereocenters. The molecule has 5 nitrogen and oxygen atoms in total. The number of hydrogen-bond acceptors (Lipinski definition) is 5. The molecule has 0 amide bonds. The first kappa shape index (κ1) is 13.9. The molecular formula is C13H15NO4. The number of carbonyl (C=O) groups is 2. The molecule has 0 aliphatic rings. The van der Waals surface area contributed by atoms with Crippen molar-refractivity contribution in [2.24, 2.45) is 5.16 Å². The molecule has 0 spiro atoms. The van der Waals surface area contributed by atoms with Crippen LogP contribution in [0, 0.1) is 0 Å². The van der Waals surface area contributed by atoms with Gasteiger partial charge >= 0.3 is 5.97 Å². The number of hydrogen-bond donors (Lipinski definition) is 0. The van der Waals surface area contributed by atoms with E-state index in [2.05, 4.69) is 9.99 Å². The molecule has 0 bridgehead atoms. The third-order valence-corrected chi connectivity index (χ3v) is 2.45. The maximum Gasteiger partial charge on any atom is 0.339 e. The molecule has 0 aromatic heterocycles. The molecule has 1 aromatic rings. The number of ketones is 1. The second kappa shape index (κ2) is 5.95. The van der Waals surface area contributed by atoms with E-state index in [0.29, 0.717) is 16.8 Å². The van der Waals surface area contributed by atoms with Crippen molar-refractivity contribution in [3.8, 4) is 0 Å². The number of oxime groups is 1. The number of esters is 1. The number of ether oxygens (including phenoxy) is 1. The van der Waals surface area contributed by atoms with E-state index in [1.54, 1.807) is 25.1 Å². The smallest absolute Gasteiger partial charge is 0.339 e. The summed E-state index contributed by atoms with van der Waals surface area (Å²) in [5, 5.41) is 3.77. The molecule has 0 atom stereocenters. The quantitative estimate of drug-likeness (QED) is 0.354. The highest BCUT2D eigenvalue weighted by Gasteiger charge is 2.20. The second-order valence-electron chi connectivity index (χ2n) is 3.64. The highest BCUT2D eigenvalue weighted by Crippen LogP contribution is 2.18. The van der Waals surface area contributed by atoms with Crippen LogP contribution in [-0.4, -0.2) is 31.7 Å². The minimum Gasteiger partial charge on any atom is -0.465 e. The topological polar surface area (TPSA) is 65.0 Å². The van der Waals surface area contributed by atoms with Crippen LogP contribution < -0.4 is 0 Å². The van der Waals surface area contributed by atoms with Gasteiger partial charge in [0.2, 0.25) is 0 Å². The number of nitrogens with zero attached hydrogens (tertiary/aromatic N) is 1. The third kappa shape index (κ3) is 2.74. The average Bonchev–Trinajstić information content (AvgIpc) is 2.37. The summed E-state index contributed by atoms with van der Waals surface area (Å²) in [7, 11) is 2.68. The fraction of sp³-hybridized carbons (Fsp3) is 0.308. The molecule has 0 N–H and O–H groups in total. The molecule has 0 aliphatic heterocycles. The van der Waals surface area contributed by atoms with Gasteiger partial charge in [-0.05, 0) is 13.8 Å². The van der Waals surface area contributed by atoms with E-state index >= 15 is 0 Å². The largest absolute Gasteiger partial charge is 0.465 e. The first-order valence-corrected chi connectivity index (χ1v) is 5.33. The van der Waals surface area contributed by atoms with Crippen LogP contribution in [0.5, 0.6) is 0 Å². The van der Waals surface area contributed by atoms with Gasteiger partial charge in [-0.25, -0.2) is 4.79 Å². The molecule has 1 rings (SSSR count). The van der Waals surface area contributed by atoms with Crippen molar-refractivity contribution in [3.63, 3.8) is 0 Å². The summed E-state index contributed by atoms with van der Waals surface area (Å²) in [6, 6.07) is 4.96. The second-order valence-corrected chi connectivity index (χ2v) is 3.64. The van der Waals surface area contributed by atoms with E-state index in [1.165, 1.54) is 21.1 Å². The first-order chi connectivity index (χ1) is 8.52. The minimum absolute atomic E-state index is 0.206. The van der Waals surface area contributed by atoms with E-state index in [4.69, 9.17) is 4.74 Å². The van der Waals surface area contributed by atoms with Gasteiger partial charge in [-0.2, -0.15) is 0 Å². The minimum atomic E-state index is -0.568. The van der Waals surface area contributed by atoms with Crippen LogP contribution >= 0.6 is 0 Å². The van der Waals surface area contributed by atoms with Crippen molar-refractivity contribution < 1.29 is 19.2 Å². The molecule has 0 fully saturated rings. The Bertz CT molecular complexity index is 506. The molecule has 1 aromatic carbocycles. The van der Waals surface area contributed by atoms with Gasteiger partial charge in [0.05, 0.1) is 18.4 Å². The number of rotatable bonds is 4. The summed E-state index contributed by atoms with van der Waals surface area (Å²) >= 11 is 0. The van der Waals surface area contributed by atoms with Crippen LogP contribution in [0.15, 0.2) is 23.4 Å². The van der Waals surface area contributed by atoms with Crippen molar-refractivity contribution in [1.29, 1.82) is 0 Å². The summed E-state index contributed by atoms with van der Waals surface area (Å²) in [5.74, 6) is -0.774. The molecule has 0 heterocycles. The van der Waals surface area contributed by atoms with Crippen molar-refractivity contribution >= 4 is 17.5 Å². The predicted molar refractivity (Wildman–Crippen MR) is 67.0 cm³/mol. The number of carbonyl (C=O) groups excluding carboxylic acids is 2. The number of Topliss-reactive ketones (excluding diaryl/α,β-unsaturated/α-hetero) is 1. The van der Waals surface area contributed by atoms with E-state index in [-0.39, 0.29) is 11.3 Å². The van der Waals surface area contributed by atoms with E-state index in [9.17, 15) is 9.59 Å². The summed E-state index contributed by atoms with van der Waals surface area (Å²) < 4.78 is 4.71. The van der Waals surface area contributed by atoms with Gasteiger partial charge in [0, 0.05) is 11.1 Å². The molecule has 96 valence electrons. The lowest BCUT2D eigenvalue weighted by atomic mass is 9.96. The molecule has 5 heteroatoms. The fourth-order valence-corrected chi connectivity index (χ4v) is 1.66. The van der Waals surface area contributed by atoms with Gasteiger partial charge in [-0.1, -0.05) is 23.4 Å². The van der Waals surface area contributed by atoms with Crippen LogP contribution in [-0.2, 0) is 9.57 Å². The Labute approximate surface area is 105 Å². The molecule has 0 radical (unpaired) electrons. The lowest BCUT2D eigenvalue weighted by Gasteiger charge is -2.10. The molecule has 0 saturated heterocycles. The van der Waals surface area contributed by atoms with Gasteiger partial charge in [-0.15, -0.1) is 0 Å². The van der Waals surface area contributed by atoms with E-state index < -0.39 is 5.97 Å². The molecule has 0 aliphatic carbocycles. The standard InChI is InChI=1S/C13H15NO4/c1-8(14-18-4)10-6-5-7-11(9(2)15)12(10)13(16)17-3/h5-7H,1-4H3. The van der Waals surface area contributed by atoms with Crippen molar-refractivity contribution in [2.75, 3.05) is 14.2 Å². The zero-order valence-corrected chi connectivity index (χ0v) is 10.8. The average molecular weight is 249 g/mol. The number of benzene rings is 1. The highest BCUT2D eigenvalue weighted by atomic mass is 16.6. The van der Waals surface area contributed by atoms with Crippen LogP contribution in [0.2, 0.25) is 0 Å². The predicted octanol–water partition coefficient (Wildman–Crippen LogP) is 2.05. The highest BCUT2D eigenvalue weighted by molar-refractivity contribution is 6.13. The van der Waals surface area contributed by atoms with Crippen molar-refractivity contribution in [3.05, 3.63) is 34.9 Å². The zero-order valence-electron chi connectivity index (χ0n) is 10.8. The SMILES string of the molecule is CON=C(C)c1cccc(C(C)=O)c1C(=O)OC. The lowest BCUT2D eigenvalue weighted by molar-refractivity contribution is 0.0597. The monoisotopic (exact) mass is 249 g/mol. The summed E-state index contributed by atoms with van der Waals surface area (Å²) in [6.07, 6.45) is 0. The lowest BCUT2D eigenvalue weighted by Crippen LogP contribution is -2.14. The number of methoxy groups -OCH3 is 1. The molecule has 18 heavy (non-hydrogen) atoms. The molecule has 0 saturated carbocycles. The first-order valence-electron chi connectivity index (χ1n) is 5.33. The maximum absolute atomic E-state index is 11.8. The Morgan fingerprint density at radius 2 is 1.72 bits per heavy atom. The van der Waals surface area contributed by atoms with Crippen LogP contribution in [0.3, 0.4) is 0 Å². The van der Waals surface area contributed by atoms with Gasteiger partial charge in [0.25, 0.3) is 0 Å². The van der Waals surface area contributed by atoms with Crippen LogP contribution in [0.4, 0.5) is 0 Å². The van der Waals surface area contributed by atoms with Crippen LogP contribution in [0.1, 0.15) is 40.1 Å². The van der Waals surface area contributed by atoms with E-state index in [0.717, 1.165) is 0 Å². The summed E-state index contributed by atoms with van der Waals surface area (Å²) in [5.41, 5.74) is 1.55. The van der Waals surface area contributed by atoms with Gasteiger partial charge in [0.1, 0.15) is 7.11 Å². The third-order valence-electron chi connectivity index (χ3n) is 2.45. The normalized spacial score (nSPS) is 11.0. The van der Waals surface area contributed by atoms with Gasteiger partial charge in [-0.3, -0.25) is 4.79 Å². The van der Waals surface area contributed by atoms with E-state index in [1.807, 2.05) is 0 Å². The Morgan fingerprint density at radius 3 is 2.22 bits per heavy atom. The summed E-state index contributed by atoms with van der Waals surface area (Å²) in [6.45, 7) is 3.09. The van der Waals surface area contributed by atoms with Crippen LogP contribution in [0.25, 0.3) is 0 Å². The fourth-order valence-electron chi connectivity index (χ4n) is 1.66. The van der Waals surface area contributed by atoms with Crippen molar-refractivity contribution in [1.82, 2.24) is 0 Å².